The molecular weight excluding hydrogens is 290 g/mol. The molecule has 0 bridgehead atoms. The van der Waals surface area contributed by atoms with E-state index in [2.05, 4.69) is 0 Å². The van der Waals surface area contributed by atoms with E-state index in [1.807, 2.05) is 46.8 Å². The third-order valence-corrected chi connectivity index (χ3v) is 3.88. The monoisotopic (exact) mass is 311 g/mol. The van der Waals surface area contributed by atoms with E-state index in [-0.39, 0.29) is 5.75 Å². The first-order chi connectivity index (χ1) is 10.7. The van der Waals surface area contributed by atoms with E-state index in [0.29, 0.717) is 0 Å². The van der Waals surface area contributed by atoms with Crippen molar-refractivity contribution in [3.8, 4) is 5.75 Å². The van der Waals surface area contributed by atoms with Gasteiger partial charge in [-0.05, 0) is 63.9 Å². The van der Waals surface area contributed by atoms with Gasteiger partial charge in [0.05, 0.1) is 11.0 Å². The number of rotatable bonds is 0. The second-order valence-corrected chi connectivity index (χ2v) is 6.94. The molecule has 1 aromatic heterocycles. The minimum absolute atomic E-state index is 0.182. The van der Waals surface area contributed by atoms with Gasteiger partial charge in [0.1, 0.15) is 11.4 Å². The molecule has 3 aromatic rings. The fourth-order valence-corrected chi connectivity index (χ4v) is 2.96. The van der Waals surface area contributed by atoms with Crippen LogP contribution in [0.3, 0.4) is 0 Å². The van der Waals surface area contributed by atoms with Gasteiger partial charge in [0, 0.05) is 10.8 Å². The quantitative estimate of drug-likeness (QED) is 0.642. The van der Waals surface area contributed by atoms with Crippen LogP contribution >= 0.6 is 0 Å². The third-order valence-electron chi connectivity index (χ3n) is 3.88. The van der Waals surface area contributed by atoms with Crippen LogP contribution < -0.4 is 0 Å². The molecule has 1 heterocycles. The Hall–Kier alpha value is -2.49. The smallest absolute Gasteiger partial charge is 0.419 e. The van der Waals surface area contributed by atoms with Gasteiger partial charge < -0.3 is 9.84 Å². The van der Waals surface area contributed by atoms with Crippen molar-refractivity contribution in [1.82, 2.24) is 4.57 Å². The molecule has 1 N–H and O–H groups in total. The first-order valence-corrected chi connectivity index (χ1v) is 7.66. The zero-order chi connectivity index (χ0) is 16.9. The van der Waals surface area contributed by atoms with E-state index in [9.17, 15) is 9.90 Å². The molecule has 2 aromatic carbocycles. The summed E-state index contributed by atoms with van der Waals surface area (Å²) >= 11 is 0. The van der Waals surface area contributed by atoms with Crippen LogP contribution in [-0.2, 0) is 4.74 Å². The highest BCUT2D eigenvalue weighted by molar-refractivity contribution is 6.15. The fraction of sp³-hybridized carbons (Fsp3) is 0.316. The van der Waals surface area contributed by atoms with E-state index in [1.165, 1.54) is 0 Å². The summed E-state index contributed by atoms with van der Waals surface area (Å²) in [5.41, 5.74) is 3.05. The average Bonchev–Trinajstić information content (AvgIpc) is 2.76. The third kappa shape index (κ3) is 2.54. The molecule has 0 unspecified atom stereocenters. The predicted molar refractivity (Wildman–Crippen MR) is 92.2 cm³/mol. The van der Waals surface area contributed by atoms with E-state index in [4.69, 9.17) is 4.74 Å². The van der Waals surface area contributed by atoms with Crippen LogP contribution in [0.15, 0.2) is 30.3 Å². The van der Waals surface area contributed by atoms with Crippen LogP contribution in [0.5, 0.6) is 5.75 Å². The van der Waals surface area contributed by atoms with Gasteiger partial charge in [0.25, 0.3) is 0 Å². The van der Waals surface area contributed by atoms with Gasteiger partial charge in [0.15, 0.2) is 0 Å². The first kappa shape index (κ1) is 15.4. The lowest BCUT2D eigenvalue weighted by Gasteiger charge is -2.20. The van der Waals surface area contributed by atoms with Crippen molar-refractivity contribution in [2.45, 2.75) is 40.2 Å². The highest BCUT2D eigenvalue weighted by Crippen LogP contribution is 2.35. The number of ether oxygens (including phenoxy) is 1. The number of carbonyl (C=O) groups is 1. The summed E-state index contributed by atoms with van der Waals surface area (Å²) in [7, 11) is 0. The maximum Gasteiger partial charge on any atom is 0.419 e. The minimum Gasteiger partial charge on any atom is -0.508 e. The number of fused-ring (bicyclic) bond motifs is 3. The largest absolute Gasteiger partial charge is 0.508 e. The number of nitrogens with zero attached hydrogens (tertiary/aromatic N) is 1. The maximum atomic E-state index is 12.8. The summed E-state index contributed by atoms with van der Waals surface area (Å²) < 4.78 is 7.19. The Morgan fingerprint density at radius 2 is 1.74 bits per heavy atom. The molecule has 0 fully saturated rings. The SMILES string of the molecule is Cc1ccc(C)c2c1c1cc(O)ccc1n2C(=O)OC(C)(C)C. The molecule has 0 aliphatic heterocycles. The number of phenols is 1. The van der Waals surface area contributed by atoms with Crippen LogP contribution in [0.2, 0.25) is 0 Å². The molecule has 0 saturated carbocycles. The van der Waals surface area contributed by atoms with Crippen molar-refractivity contribution in [2.24, 2.45) is 0 Å². The summed E-state index contributed by atoms with van der Waals surface area (Å²) in [5, 5.41) is 11.7. The molecular formula is C19H21NO3. The summed E-state index contributed by atoms with van der Waals surface area (Å²) in [6, 6.07) is 9.07. The van der Waals surface area contributed by atoms with E-state index >= 15 is 0 Å². The fourth-order valence-electron chi connectivity index (χ4n) is 2.96. The van der Waals surface area contributed by atoms with Gasteiger partial charge in [-0.3, -0.25) is 0 Å². The number of aryl methyl sites for hydroxylation is 2. The molecule has 3 rings (SSSR count). The zero-order valence-electron chi connectivity index (χ0n) is 14.1. The van der Waals surface area contributed by atoms with Crippen LogP contribution in [0, 0.1) is 13.8 Å². The van der Waals surface area contributed by atoms with Crippen LogP contribution in [-0.4, -0.2) is 21.4 Å². The molecule has 0 aliphatic carbocycles. The number of benzene rings is 2. The number of hydrogen-bond donors (Lipinski definition) is 1. The predicted octanol–water partition coefficient (Wildman–Crippen LogP) is 4.90. The van der Waals surface area contributed by atoms with E-state index < -0.39 is 11.7 Å². The molecule has 0 saturated heterocycles. The standard InChI is InChI=1S/C19H21NO3/c1-11-6-7-12(2)17-16(11)14-10-13(21)8-9-15(14)20(17)18(22)23-19(3,4)5/h6-10,21H,1-5H3. The van der Waals surface area contributed by atoms with Crippen molar-refractivity contribution in [3.05, 3.63) is 41.5 Å². The highest BCUT2D eigenvalue weighted by Gasteiger charge is 2.24. The molecule has 120 valence electrons. The van der Waals surface area contributed by atoms with Crippen LogP contribution in [0.1, 0.15) is 31.9 Å². The molecule has 0 aliphatic rings. The van der Waals surface area contributed by atoms with Gasteiger partial charge in [-0.1, -0.05) is 12.1 Å². The zero-order valence-corrected chi connectivity index (χ0v) is 14.1. The van der Waals surface area contributed by atoms with Crippen molar-refractivity contribution >= 4 is 27.9 Å². The highest BCUT2D eigenvalue weighted by atomic mass is 16.6. The van der Waals surface area contributed by atoms with Gasteiger partial charge >= 0.3 is 6.09 Å². The Balaban J connectivity index is 2.43. The Morgan fingerprint density at radius 3 is 2.39 bits per heavy atom. The number of aromatic hydroxyl groups is 1. The topological polar surface area (TPSA) is 51.5 Å². The number of carbonyl (C=O) groups excluding carboxylic acids is 1. The number of aromatic nitrogens is 1. The number of phenolic OH excluding ortho intramolecular Hbond substituents is 1. The van der Waals surface area contributed by atoms with E-state index in [0.717, 1.165) is 32.9 Å². The Labute approximate surface area is 135 Å². The minimum atomic E-state index is -0.575. The summed E-state index contributed by atoms with van der Waals surface area (Å²) in [4.78, 5) is 12.8. The molecule has 0 atom stereocenters. The molecule has 0 radical (unpaired) electrons. The molecule has 23 heavy (non-hydrogen) atoms. The van der Waals surface area contributed by atoms with Gasteiger partial charge in [-0.25, -0.2) is 9.36 Å². The van der Waals surface area contributed by atoms with Gasteiger partial charge in [-0.15, -0.1) is 0 Å². The van der Waals surface area contributed by atoms with Gasteiger partial charge in [0.2, 0.25) is 0 Å². The van der Waals surface area contributed by atoms with E-state index in [1.54, 1.807) is 22.8 Å². The Bertz CT molecular complexity index is 929. The number of hydrogen-bond acceptors (Lipinski definition) is 3. The maximum absolute atomic E-state index is 12.8. The van der Waals surface area contributed by atoms with Crippen LogP contribution in [0.4, 0.5) is 4.79 Å². The summed E-state index contributed by atoms with van der Waals surface area (Å²) in [6.07, 6.45) is -0.406. The van der Waals surface area contributed by atoms with Crippen molar-refractivity contribution < 1.29 is 14.6 Å². The van der Waals surface area contributed by atoms with Gasteiger partial charge in [-0.2, -0.15) is 0 Å². The Kier molecular flexibility index (Phi) is 3.36. The lowest BCUT2D eigenvalue weighted by Crippen LogP contribution is -2.27. The summed E-state index contributed by atoms with van der Waals surface area (Å²) in [6.45, 7) is 9.53. The van der Waals surface area contributed by atoms with Crippen molar-refractivity contribution in [1.29, 1.82) is 0 Å². The second kappa shape index (κ2) is 5.01. The van der Waals surface area contributed by atoms with Crippen molar-refractivity contribution in [3.63, 3.8) is 0 Å². The molecule has 0 amide bonds. The Morgan fingerprint density at radius 1 is 1.09 bits per heavy atom. The summed E-state index contributed by atoms with van der Waals surface area (Å²) in [5.74, 6) is 0.182. The first-order valence-electron chi connectivity index (χ1n) is 7.66. The van der Waals surface area contributed by atoms with Crippen molar-refractivity contribution in [2.75, 3.05) is 0 Å². The lowest BCUT2D eigenvalue weighted by atomic mass is 10.0. The van der Waals surface area contributed by atoms with Crippen LogP contribution in [0.25, 0.3) is 21.8 Å². The molecule has 0 spiro atoms. The second-order valence-electron chi connectivity index (χ2n) is 6.94. The molecule has 4 nitrogen and oxygen atoms in total. The average molecular weight is 311 g/mol. The lowest BCUT2D eigenvalue weighted by molar-refractivity contribution is 0.0551. The normalized spacial score (nSPS) is 12.0. The molecule has 4 heteroatoms.